The molecule has 2 nitrogen and oxygen atoms in total. The molecule has 0 amide bonds. The van der Waals surface area contributed by atoms with E-state index in [0.29, 0.717) is 12.5 Å². The summed E-state index contributed by atoms with van der Waals surface area (Å²) in [6, 6.07) is 6.69. The van der Waals surface area contributed by atoms with Crippen molar-refractivity contribution in [3.63, 3.8) is 0 Å². The smallest absolute Gasteiger partial charge is 0.191 e. The molecule has 0 aliphatic rings. The summed E-state index contributed by atoms with van der Waals surface area (Å²) in [6.07, 6.45) is 1.01. The third-order valence-electron chi connectivity index (χ3n) is 5.02. The molecule has 1 rings (SSSR count). The van der Waals surface area contributed by atoms with Gasteiger partial charge in [0.2, 0.25) is 0 Å². The summed E-state index contributed by atoms with van der Waals surface area (Å²) in [5, 5.41) is 0.270. The summed E-state index contributed by atoms with van der Waals surface area (Å²) in [5.74, 6) is 0.397. The average Bonchev–Trinajstić information content (AvgIpc) is 2.37. The van der Waals surface area contributed by atoms with Crippen molar-refractivity contribution in [3.8, 4) is 0 Å². The fraction of sp³-hybridized carbons (Fsp3) is 0.667. The van der Waals surface area contributed by atoms with Gasteiger partial charge in [-0.3, -0.25) is 0 Å². The lowest BCUT2D eigenvalue weighted by Gasteiger charge is -2.36. The maximum Gasteiger partial charge on any atom is 0.191 e. The zero-order valence-corrected chi connectivity index (χ0v) is 15.9. The van der Waals surface area contributed by atoms with Crippen LogP contribution in [0.1, 0.15) is 49.8 Å². The number of hydrogen-bond acceptors (Lipinski definition) is 2. The molecule has 0 bridgehead atoms. The lowest BCUT2D eigenvalue weighted by molar-refractivity contribution is 0.272. The molecule has 0 radical (unpaired) electrons. The Hall–Kier alpha value is -0.643. The minimum absolute atomic E-state index is 0.270. The van der Waals surface area contributed by atoms with Gasteiger partial charge in [0.25, 0.3) is 0 Å². The van der Waals surface area contributed by atoms with Gasteiger partial charge in [-0.05, 0) is 67.6 Å². The molecule has 0 fully saturated rings. The van der Waals surface area contributed by atoms with Crippen molar-refractivity contribution in [2.45, 2.75) is 65.1 Å². The Morgan fingerprint density at radius 2 is 1.76 bits per heavy atom. The van der Waals surface area contributed by atoms with E-state index in [9.17, 15) is 0 Å². The predicted molar refractivity (Wildman–Crippen MR) is 95.5 cm³/mol. The van der Waals surface area contributed by atoms with Crippen molar-refractivity contribution in [1.82, 2.24) is 0 Å². The normalized spacial score (nSPS) is 14.3. The van der Waals surface area contributed by atoms with Crippen LogP contribution < -0.4 is 5.73 Å². The zero-order valence-electron chi connectivity index (χ0n) is 14.9. The van der Waals surface area contributed by atoms with Gasteiger partial charge in [0, 0.05) is 6.61 Å². The van der Waals surface area contributed by atoms with Gasteiger partial charge in [0.15, 0.2) is 8.32 Å². The van der Waals surface area contributed by atoms with E-state index in [1.54, 1.807) is 0 Å². The molecular weight excluding hydrogens is 274 g/mol. The predicted octanol–water partition coefficient (Wildman–Crippen LogP) is 4.76. The van der Waals surface area contributed by atoms with E-state index in [1.807, 2.05) is 0 Å². The summed E-state index contributed by atoms with van der Waals surface area (Å²) < 4.78 is 6.29. The van der Waals surface area contributed by atoms with Gasteiger partial charge < -0.3 is 10.2 Å². The van der Waals surface area contributed by atoms with Gasteiger partial charge in [0.05, 0.1) is 0 Å². The van der Waals surface area contributed by atoms with Gasteiger partial charge in [-0.25, -0.2) is 0 Å². The number of rotatable bonds is 6. The summed E-state index contributed by atoms with van der Waals surface area (Å²) in [7, 11) is -1.65. The Balaban J connectivity index is 2.65. The van der Waals surface area contributed by atoms with E-state index < -0.39 is 8.32 Å². The number of hydrogen-bond donors (Lipinski definition) is 1. The third kappa shape index (κ3) is 4.94. The second-order valence-corrected chi connectivity index (χ2v) is 12.5. The Labute approximate surface area is 132 Å². The lowest BCUT2D eigenvalue weighted by Crippen LogP contribution is -2.41. The Morgan fingerprint density at radius 1 is 1.14 bits per heavy atom. The van der Waals surface area contributed by atoms with Gasteiger partial charge >= 0.3 is 0 Å². The molecule has 2 N–H and O–H groups in total. The highest BCUT2D eigenvalue weighted by Gasteiger charge is 2.37. The summed E-state index contributed by atoms with van der Waals surface area (Å²) in [4.78, 5) is 0. The maximum atomic E-state index is 6.29. The molecule has 1 aromatic carbocycles. The second kappa shape index (κ2) is 7.08. The van der Waals surface area contributed by atoms with Crippen molar-refractivity contribution in [2.24, 2.45) is 5.73 Å². The molecule has 0 heterocycles. The highest BCUT2D eigenvalue weighted by Crippen LogP contribution is 2.37. The van der Waals surface area contributed by atoms with Crippen LogP contribution in [0.25, 0.3) is 0 Å². The quantitative estimate of drug-likeness (QED) is 0.769. The van der Waals surface area contributed by atoms with Crippen LogP contribution in [0.2, 0.25) is 18.1 Å². The standard InChI is InChI=1S/C18H33NOSi/c1-14-8-9-16(12-15(14)2)17(13-19)10-11-20-21(6,7)18(3,4)5/h8-9,12,17H,10-11,13,19H2,1-7H3. The summed E-state index contributed by atoms with van der Waals surface area (Å²) in [6.45, 7) is 17.3. The third-order valence-corrected chi connectivity index (χ3v) is 9.56. The van der Waals surface area contributed by atoms with E-state index in [-0.39, 0.29) is 5.04 Å². The van der Waals surface area contributed by atoms with E-state index in [0.717, 1.165) is 13.0 Å². The fourth-order valence-electron chi connectivity index (χ4n) is 2.11. The van der Waals surface area contributed by atoms with Crippen molar-refractivity contribution in [2.75, 3.05) is 13.2 Å². The second-order valence-electron chi connectivity index (χ2n) is 7.67. The summed E-state index contributed by atoms with van der Waals surface area (Å²) >= 11 is 0. The molecule has 0 aromatic heterocycles. The first kappa shape index (κ1) is 18.4. The van der Waals surface area contributed by atoms with Gasteiger partial charge in [-0.2, -0.15) is 0 Å². The van der Waals surface area contributed by atoms with E-state index >= 15 is 0 Å². The highest BCUT2D eigenvalue weighted by atomic mass is 28.4. The largest absolute Gasteiger partial charge is 0.417 e. The minimum atomic E-state index is -1.65. The maximum absolute atomic E-state index is 6.29. The Kier molecular flexibility index (Phi) is 6.20. The topological polar surface area (TPSA) is 35.2 Å². The first-order chi connectivity index (χ1) is 9.58. The van der Waals surface area contributed by atoms with E-state index in [4.69, 9.17) is 10.2 Å². The average molecular weight is 308 g/mol. The molecule has 3 heteroatoms. The molecular formula is C18H33NOSi. The lowest BCUT2D eigenvalue weighted by atomic mass is 9.93. The van der Waals surface area contributed by atoms with Crippen molar-refractivity contribution in [1.29, 1.82) is 0 Å². The van der Waals surface area contributed by atoms with E-state index in [1.165, 1.54) is 16.7 Å². The van der Waals surface area contributed by atoms with Crippen LogP contribution in [0.15, 0.2) is 18.2 Å². The first-order valence-corrected chi connectivity index (χ1v) is 10.9. The van der Waals surface area contributed by atoms with Crippen LogP contribution in [-0.2, 0) is 4.43 Å². The Morgan fingerprint density at radius 3 is 2.24 bits per heavy atom. The zero-order chi connectivity index (χ0) is 16.3. The van der Waals surface area contributed by atoms with Crippen LogP contribution in [0.4, 0.5) is 0 Å². The molecule has 1 aromatic rings. The molecule has 1 atom stereocenters. The molecule has 0 spiro atoms. The summed E-state index contributed by atoms with van der Waals surface area (Å²) in [5.41, 5.74) is 10.0. The fourth-order valence-corrected chi connectivity index (χ4v) is 3.17. The van der Waals surface area contributed by atoms with Crippen LogP contribution >= 0.6 is 0 Å². The van der Waals surface area contributed by atoms with Gasteiger partial charge in [0.1, 0.15) is 0 Å². The van der Waals surface area contributed by atoms with Crippen LogP contribution in [0, 0.1) is 13.8 Å². The molecule has 0 aliphatic carbocycles. The van der Waals surface area contributed by atoms with Crippen LogP contribution in [-0.4, -0.2) is 21.5 Å². The molecule has 120 valence electrons. The Bertz CT molecular complexity index is 463. The number of nitrogens with two attached hydrogens (primary N) is 1. The van der Waals surface area contributed by atoms with E-state index in [2.05, 4.69) is 65.9 Å². The van der Waals surface area contributed by atoms with Crippen molar-refractivity contribution >= 4 is 8.32 Å². The van der Waals surface area contributed by atoms with Crippen LogP contribution in [0.5, 0.6) is 0 Å². The van der Waals surface area contributed by atoms with Crippen molar-refractivity contribution in [3.05, 3.63) is 34.9 Å². The SMILES string of the molecule is Cc1ccc(C(CN)CCO[Si](C)(C)C(C)(C)C)cc1C. The molecule has 0 aliphatic heterocycles. The van der Waals surface area contributed by atoms with Crippen molar-refractivity contribution < 1.29 is 4.43 Å². The molecule has 21 heavy (non-hydrogen) atoms. The van der Waals surface area contributed by atoms with Gasteiger partial charge in [-0.15, -0.1) is 0 Å². The minimum Gasteiger partial charge on any atom is -0.417 e. The number of aryl methyl sites for hydroxylation is 2. The molecule has 0 saturated heterocycles. The first-order valence-electron chi connectivity index (χ1n) is 7.99. The van der Waals surface area contributed by atoms with Crippen LogP contribution in [0.3, 0.4) is 0 Å². The highest BCUT2D eigenvalue weighted by molar-refractivity contribution is 6.74. The number of benzene rings is 1. The molecule has 0 saturated carbocycles. The monoisotopic (exact) mass is 307 g/mol. The molecule has 1 unspecified atom stereocenters. The van der Waals surface area contributed by atoms with Gasteiger partial charge in [-0.1, -0.05) is 39.0 Å².